The van der Waals surface area contributed by atoms with Gasteiger partial charge in [0.25, 0.3) is 0 Å². The summed E-state index contributed by atoms with van der Waals surface area (Å²) in [5.41, 5.74) is 4.86. The van der Waals surface area contributed by atoms with Gasteiger partial charge in [0.1, 0.15) is 0 Å². The quantitative estimate of drug-likeness (QED) is 0.741. The smallest absolute Gasteiger partial charge is 0.0456 e. The first-order chi connectivity index (χ1) is 6.81. The summed E-state index contributed by atoms with van der Waals surface area (Å²) in [7, 11) is 1.93. The van der Waals surface area contributed by atoms with Gasteiger partial charge in [0.2, 0.25) is 0 Å². The number of rotatable bonds is 2. The normalized spacial score (nSPS) is 10.1. The summed E-state index contributed by atoms with van der Waals surface area (Å²) in [5.74, 6) is 0. The predicted octanol–water partition coefficient (Wildman–Crippen LogP) is 3.03. The minimum absolute atomic E-state index is 1.15. The van der Waals surface area contributed by atoms with Crippen LogP contribution in [0.5, 0.6) is 0 Å². The van der Waals surface area contributed by atoms with Crippen LogP contribution >= 0.6 is 0 Å². The van der Waals surface area contributed by atoms with E-state index in [4.69, 9.17) is 0 Å². The van der Waals surface area contributed by atoms with Crippen molar-refractivity contribution in [2.24, 2.45) is 0 Å². The molecule has 1 heterocycles. The summed E-state index contributed by atoms with van der Waals surface area (Å²) in [6.07, 6.45) is 1.95. The molecule has 2 N–H and O–H groups in total. The fourth-order valence-electron chi connectivity index (χ4n) is 1.62. The van der Waals surface area contributed by atoms with Gasteiger partial charge in [-0.2, -0.15) is 0 Å². The van der Waals surface area contributed by atoms with E-state index in [0.717, 1.165) is 5.69 Å². The van der Waals surface area contributed by atoms with Gasteiger partial charge in [-0.1, -0.05) is 6.07 Å². The number of hydrogen-bond donors (Lipinski definition) is 2. The average Bonchev–Trinajstić information content (AvgIpc) is 2.70. The van der Waals surface area contributed by atoms with Gasteiger partial charge < -0.3 is 10.3 Å². The lowest BCUT2D eigenvalue weighted by Crippen LogP contribution is -1.90. The van der Waals surface area contributed by atoms with E-state index in [0.29, 0.717) is 0 Å². The zero-order chi connectivity index (χ0) is 9.97. The molecule has 0 aliphatic heterocycles. The van der Waals surface area contributed by atoms with Crippen molar-refractivity contribution in [3.8, 4) is 11.3 Å². The van der Waals surface area contributed by atoms with Crippen molar-refractivity contribution < 1.29 is 0 Å². The molecule has 1 aromatic carbocycles. The Kier molecular flexibility index (Phi) is 2.27. The zero-order valence-electron chi connectivity index (χ0n) is 8.46. The lowest BCUT2D eigenvalue weighted by molar-refractivity contribution is 1.36. The number of aromatic amines is 1. The summed E-state index contributed by atoms with van der Waals surface area (Å²) in [4.78, 5) is 3.21. The largest absolute Gasteiger partial charge is 0.388 e. The van der Waals surface area contributed by atoms with E-state index < -0.39 is 0 Å². The molecule has 14 heavy (non-hydrogen) atoms. The Morgan fingerprint density at radius 3 is 2.64 bits per heavy atom. The number of aromatic nitrogens is 1. The molecule has 0 aliphatic rings. The highest BCUT2D eigenvalue weighted by atomic mass is 14.8. The maximum Gasteiger partial charge on any atom is 0.0456 e. The van der Waals surface area contributed by atoms with Gasteiger partial charge in [0, 0.05) is 30.2 Å². The van der Waals surface area contributed by atoms with E-state index in [1.54, 1.807) is 0 Å². The Morgan fingerprint density at radius 1 is 1.21 bits per heavy atom. The molecule has 2 nitrogen and oxygen atoms in total. The summed E-state index contributed by atoms with van der Waals surface area (Å²) >= 11 is 0. The van der Waals surface area contributed by atoms with E-state index in [2.05, 4.69) is 41.5 Å². The first kappa shape index (κ1) is 8.88. The van der Waals surface area contributed by atoms with Crippen LogP contribution in [0.1, 0.15) is 5.56 Å². The van der Waals surface area contributed by atoms with Crippen molar-refractivity contribution in [2.45, 2.75) is 6.92 Å². The minimum Gasteiger partial charge on any atom is -0.388 e. The lowest BCUT2D eigenvalue weighted by Gasteiger charge is -2.06. The minimum atomic E-state index is 1.15. The van der Waals surface area contributed by atoms with Crippen LogP contribution in [-0.4, -0.2) is 12.0 Å². The molecule has 2 heteroatoms. The zero-order valence-corrected chi connectivity index (χ0v) is 8.46. The van der Waals surface area contributed by atoms with Crippen molar-refractivity contribution in [2.75, 3.05) is 12.4 Å². The summed E-state index contributed by atoms with van der Waals surface area (Å²) in [5, 5.41) is 3.13. The molecule has 1 aromatic heterocycles. The molecule has 0 aliphatic carbocycles. The number of H-pyrrole nitrogens is 1. The fourth-order valence-corrected chi connectivity index (χ4v) is 1.62. The van der Waals surface area contributed by atoms with Crippen molar-refractivity contribution in [1.82, 2.24) is 4.98 Å². The Hall–Kier alpha value is -1.70. The SMILES string of the molecule is CNc1ccc(-c2ccc[nH]2)c(C)c1. The molecule has 0 spiro atoms. The average molecular weight is 186 g/mol. The standard InChI is InChI=1S/C12H14N2/c1-9-8-10(13-2)5-6-11(9)12-4-3-7-14-12/h3-8,13-14H,1-2H3. The maximum atomic E-state index is 3.21. The molecule has 2 rings (SSSR count). The number of nitrogens with one attached hydrogen (secondary N) is 2. The van der Waals surface area contributed by atoms with Gasteiger partial charge in [0.15, 0.2) is 0 Å². The molecule has 0 radical (unpaired) electrons. The summed E-state index contributed by atoms with van der Waals surface area (Å²) in [6.45, 7) is 2.12. The topological polar surface area (TPSA) is 27.8 Å². The third-order valence-electron chi connectivity index (χ3n) is 2.40. The number of benzene rings is 1. The third-order valence-corrected chi connectivity index (χ3v) is 2.40. The Balaban J connectivity index is 2.46. The Labute approximate surface area is 84.0 Å². The fraction of sp³-hybridized carbons (Fsp3) is 0.167. The van der Waals surface area contributed by atoms with Gasteiger partial charge in [-0.25, -0.2) is 0 Å². The van der Waals surface area contributed by atoms with E-state index in [9.17, 15) is 0 Å². The third kappa shape index (κ3) is 1.51. The molecule has 0 saturated carbocycles. The second-order valence-corrected chi connectivity index (χ2v) is 3.36. The van der Waals surface area contributed by atoms with E-state index >= 15 is 0 Å². The van der Waals surface area contributed by atoms with Crippen molar-refractivity contribution >= 4 is 5.69 Å². The maximum absolute atomic E-state index is 3.21. The number of aryl methyl sites for hydroxylation is 1. The lowest BCUT2D eigenvalue weighted by atomic mass is 10.1. The van der Waals surface area contributed by atoms with Gasteiger partial charge in [-0.15, -0.1) is 0 Å². The predicted molar refractivity (Wildman–Crippen MR) is 60.5 cm³/mol. The van der Waals surface area contributed by atoms with E-state index in [-0.39, 0.29) is 0 Å². The molecule has 0 amide bonds. The van der Waals surface area contributed by atoms with Crippen LogP contribution in [0.3, 0.4) is 0 Å². The van der Waals surface area contributed by atoms with E-state index in [1.807, 2.05) is 19.3 Å². The van der Waals surface area contributed by atoms with Gasteiger partial charge in [0.05, 0.1) is 0 Å². The second kappa shape index (κ2) is 3.58. The Bertz CT molecular complexity index is 416. The molecule has 0 atom stereocenters. The molecular weight excluding hydrogens is 172 g/mol. The van der Waals surface area contributed by atoms with Crippen LogP contribution < -0.4 is 5.32 Å². The summed E-state index contributed by atoms with van der Waals surface area (Å²) < 4.78 is 0. The van der Waals surface area contributed by atoms with Crippen LogP contribution in [0, 0.1) is 6.92 Å². The first-order valence-electron chi connectivity index (χ1n) is 4.73. The number of hydrogen-bond acceptors (Lipinski definition) is 1. The highest BCUT2D eigenvalue weighted by Crippen LogP contribution is 2.24. The van der Waals surface area contributed by atoms with Crippen molar-refractivity contribution in [3.05, 3.63) is 42.1 Å². The number of anilines is 1. The molecular formula is C12H14N2. The Morgan fingerprint density at radius 2 is 2.07 bits per heavy atom. The van der Waals surface area contributed by atoms with Crippen LogP contribution in [0.4, 0.5) is 5.69 Å². The van der Waals surface area contributed by atoms with Crippen LogP contribution in [-0.2, 0) is 0 Å². The van der Waals surface area contributed by atoms with Gasteiger partial charge in [-0.05, 0) is 36.8 Å². The van der Waals surface area contributed by atoms with Gasteiger partial charge >= 0.3 is 0 Å². The molecule has 2 aromatic rings. The second-order valence-electron chi connectivity index (χ2n) is 3.36. The molecule has 0 fully saturated rings. The first-order valence-corrected chi connectivity index (χ1v) is 4.73. The molecule has 0 bridgehead atoms. The van der Waals surface area contributed by atoms with Gasteiger partial charge in [-0.3, -0.25) is 0 Å². The van der Waals surface area contributed by atoms with Crippen molar-refractivity contribution in [3.63, 3.8) is 0 Å². The highest BCUT2D eigenvalue weighted by Gasteiger charge is 2.02. The van der Waals surface area contributed by atoms with Crippen LogP contribution in [0.25, 0.3) is 11.3 Å². The molecule has 0 unspecified atom stereocenters. The van der Waals surface area contributed by atoms with Crippen molar-refractivity contribution in [1.29, 1.82) is 0 Å². The van der Waals surface area contributed by atoms with E-state index in [1.165, 1.54) is 16.8 Å². The monoisotopic (exact) mass is 186 g/mol. The highest BCUT2D eigenvalue weighted by molar-refractivity contribution is 5.67. The molecule has 72 valence electrons. The van der Waals surface area contributed by atoms with Crippen LogP contribution in [0.2, 0.25) is 0 Å². The van der Waals surface area contributed by atoms with Crippen LogP contribution in [0.15, 0.2) is 36.5 Å². The summed E-state index contributed by atoms with van der Waals surface area (Å²) in [6, 6.07) is 10.5. The molecule has 0 saturated heterocycles.